The van der Waals surface area contributed by atoms with Gasteiger partial charge < -0.3 is 5.32 Å². The van der Waals surface area contributed by atoms with E-state index < -0.39 is 0 Å². The van der Waals surface area contributed by atoms with Crippen molar-refractivity contribution in [2.45, 2.75) is 30.7 Å². The minimum absolute atomic E-state index is 0.139. The summed E-state index contributed by atoms with van der Waals surface area (Å²) in [6, 6.07) is 0.184. The highest BCUT2D eigenvalue weighted by molar-refractivity contribution is 6.27. The smallest absolute Gasteiger partial charge is 0.220 e. The van der Waals surface area contributed by atoms with Gasteiger partial charge >= 0.3 is 0 Å². The predicted octanol–water partition coefficient (Wildman–Crippen LogP) is 1.69. The van der Waals surface area contributed by atoms with Crippen molar-refractivity contribution in [2.75, 3.05) is 0 Å². The first-order valence-electron chi connectivity index (χ1n) is 4.69. The molecule has 0 aromatic carbocycles. The number of alkyl halides is 1. The van der Waals surface area contributed by atoms with Gasteiger partial charge in [0.2, 0.25) is 5.91 Å². The first-order chi connectivity index (χ1) is 6.09. The molecule has 4 atom stereocenters. The zero-order chi connectivity index (χ0) is 9.64. The fourth-order valence-electron chi connectivity index (χ4n) is 2.58. The topological polar surface area (TPSA) is 29.1 Å². The third-order valence-corrected chi connectivity index (χ3v) is 3.86. The summed E-state index contributed by atoms with van der Waals surface area (Å²) in [5.41, 5.74) is 0. The molecule has 3 heteroatoms. The SMILES string of the molecule is C=CCC1(Cl)[C@H]2NC(=O)CC(C)[C@@H]21. The number of allylic oxidation sites excluding steroid dienone is 1. The van der Waals surface area contributed by atoms with Crippen LogP contribution in [0.4, 0.5) is 0 Å². The van der Waals surface area contributed by atoms with E-state index in [1.807, 2.05) is 6.08 Å². The molecule has 2 aliphatic rings. The Kier molecular flexibility index (Phi) is 1.91. The van der Waals surface area contributed by atoms with Gasteiger partial charge in [0, 0.05) is 12.3 Å². The molecule has 0 bridgehead atoms. The molecular formula is C10H14ClNO. The molecule has 0 aromatic heterocycles. The summed E-state index contributed by atoms with van der Waals surface area (Å²) < 4.78 is 0. The van der Waals surface area contributed by atoms with Gasteiger partial charge in [-0.2, -0.15) is 0 Å². The number of rotatable bonds is 2. The third kappa shape index (κ3) is 1.19. The van der Waals surface area contributed by atoms with Gasteiger partial charge in [0.05, 0.1) is 10.9 Å². The zero-order valence-electron chi connectivity index (χ0n) is 7.72. The Morgan fingerprint density at radius 3 is 3.15 bits per heavy atom. The number of hydrogen-bond acceptors (Lipinski definition) is 1. The van der Waals surface area contributed by atoms with Crippen molar-refractivity contribution in [2.24, 2.45) is 11.8 Å². The van der Waals surface area contributed by atoms with Crippen LogP contribution < -0.4 is 5.32 Å². The van der Waals surface area contributed by atoms with E-state index in [0.717, 1.165) is 6.42 Å². The zero-order valence-corrected chi connectivity index (χ0v) is 8.47. The molecule has 2 fully saturated rings. The number of carbonyl (C=O) groups is 1. The van der Waals surface area contributed by atoms with Gasteiger partial charge in [-0.05, 0) is 12.3 Å². The predicted molar refractivity (Wildman–Crippen MR) is 52.6 cm³/mol. The van der Waals surface area contributed by atoms with Crippen LogP contribution in [0.5, 0.6) is 0 Å². The van der Waals surface area contributed by atoms with Crippen LogP contribution in [0.3, 0.4) is 0 Å². The van der Waals surface area contributed by atoms with Crippen molar-refractivity contribution in [3.8, 4) is 0 Å². The molecule has 2 nitrogen and oxygen atoms in total. The molecule has 1 saturated heterocycles. The average molecular weight is 200 g/mol. The number of carbonyl (C=O) groups excluding carboxylic acids is 1. The molecule has 0 aromatic rings. The largest absolute Gasteiger partial charge is 0.351 e. The highest BCUT2D eigenvalue weighted by Gasteiger charge is 2.67. The number of amides is 1. The lowest BCUT2D eigenvalue weighted by Gasteiger charge is -2.15. The molecule has 1 amide bonds. The van der Waals surface area contributed by atoms with Crippen LogP contribution in [0.25, 0.3) is 0 Å². The van der Waals surface area contributed by atoms with Crippen LogP contribution in [0.15, 0.2) is 12.7 Å². The van der Waals surface area contributed by atoms with Crippen LogP contribution in [-0.4, -0.2) is 16.8 Å². The minimum Gasteiger partial charge on any atom is -0.351 e. The summed E-state index contributed by atoms with van der Waals surface area (Å²) in [7, 11) is 0. The lowest BCUT2D eigenvalue weighted by Crippen LogP contribution is -2.34. The fraction of sp³-hybridized carbons (Fsp3) is 0.700. The Labute approximate surface area is 83.3 Å². The van der Waals surface area contributed by atoms with Gasteiger partial charge in [0.25, 0.3) is 0 Å². The van der Waals surface area contributed by atoms with Crippen molar-refractivity contribution in [3.63, 3.8) is 0 Å². The molecule has 2 unspecified atom stereocenters. The van der Waals surface area contributed by atoms with E-state index in [1.165, 1.54) is 0 Å². The molecule has 0 radical (unpaired) electrons. The van der Waals surface area contributed by atoms with Crippen LogP contribution >= 0.6 is 11.6 Å². The molecule has 2 rings (SSSR count). The molecule has 72 valence electrons. The number of piperidine rings is 1. The Morgan fingerprint density at radius 1 is 1.85 bits per heavy atom. The van der Waals surface area contributed by atoms with Gasteiger partial charge in [0.15, 0.2) is 0 Å². The maximum Gasteiger partial charge on any atom is 0.220 e. The van der Waals surface area contributed by atoms with Crippen molar-refractivity contribution in [3.05, 3.63) is 12.7 Å². The lowest BCUT2D eigenvalue weighted by molar-refractivity contribution is -0.123. The van der Waals surface area contributed by atoms with E-state index in [1.54, 1.807) is 0 Å². The monoisotopic (exact) mass is 199 g/mol. The molecule has 1 N–H and O–H groups in total. The summed E-state index contributed by atoms with van der Waals surface area (Å²) in [5, 5.41) is 2.94. The fourth-order valence-corrected chi connectivity index (χ4v) is 3.16. The standard InChI is InChI=1S/C10H14ClNO/c1-3-4-10(11)8-6(2)5-7(13)12-9(8)10/h3,6,8-9H,1,4-5H2,2H3,(H,12,13)/t6?,8-,9-,10?/m0/s1. The summed E-state index contributed by atoms with van der Waals surface area (Å²) >= 11 is 6.39. The van der Waals surface area contributed by atoms with Crippen LogP contribution in [0, 0.1) is 11.8 Å². The Hall–Kier alpha value is -0.500. The van der Waals surface area contributed by atoms with E-state index in [2.05, 4.69) is 18.8 Å². The summed E-state index contributed by atoms with van der Waals surface area (Å²) in [4.78, 5) is 11.0. The van der Waals surface area contributed by atoms with E-state index in [4.69, 9.17) is 11.6 Å². The molecule has 1 heterocycles. The van der Waals surface area contributed by atoms with Gasteiger partial charge in [-0.3, -0.25) is 4.79 Å². The first-order valence-corrected chi connectivity index (χ1v) is 5.06. The molecule has 1 aliphatic heterocycles. The number of hydrogen-bond donors (Lipinski definition) is 1. The second-order valence-corrected chi connectivity index (χ2v) is 4.88. The number of nitrogens with one attached hydrogen (secondary N) is 1. The van der Waals surface area contributed by atoms with E-state index in [0.29, 0.717) is 18.3 Å². The van der Waals surface area contributed by atoms with Crippen molar-refractivity contribution in [1.29, 1.82) is 0 Å². The molecular weight excluding hydrogens is 186 g/mol. The molecule has 1 saturated carbocycles. The Bertz CT molecular complexity index is 266. The van der Waals surface area contributed by atoms with Gasteiger partial charge in [0.1, 0.15) is 0 Å². The van der Waals surface area contributed by atoms with Crippen molar-refractivity contribution < 1.29 is 4.79 Å². The van der Waals surface area contributed by atoms with E-state index in [-0.39, 0.29) is 16.8 Å². The van der Waals surface area contributed by atoms with Crippen molar-refractivity contribution in [1.82, 2.24) is 5.32 Å². The molecule has 0 spiro atoms. The Balaban J connectivity index is 2.13. The summed E-state index contributed by atoms with van der Waals surface area (Å²) in [5.74, 6) is 1.00. The third-order valence-electron chi connectivity index (χ3n) is 3.22. The first kappa shape index (κ1) is 9.07. The van der Waals surface area contributed by atoms with Crippen LogP contribution in [-0.2, 0) is 4.79 Å². The van der Waals surface area contributed by atoms with E-state index in [9.17, 15) is 4.79 Å². The second-order valence-electron chi connectivity index (χ2n) is 4.17. The maximum atomic E-state index is 11.2. The normalized spacial score (nSPS) is 47.8. The van der Waals surface area contributed by atoms with Gasteiger partial charge in [-0.25, -0.2) is 0 Å². The number of halogens is 1. The average Bonchev–Trinajstić information content (AvgIpc) is 2.56. The quantitative estimate of drug-likeness (QED) is 0.532. The van der Waals surface area contributed by atoms with E-state index >= 15 is 0 Å². The highest BCUT2D eigenvalue weighted by Crippen LogP contribution is 2.58. The van der Waals surface area contributed by atoms with Crippen LogP contribution in [0.2, 0.25) is 0 Å². The van der Waals surface area contributed by atoms with Crippen LogP contribution in [0.1, 0.15) is 19.8 Å². The molecule has 1 aliphatic carbocycles. The number of fused-ring (bicyclic) bond motifs is 1. The maximum absolute atomic E-state index is 11.2. The van der Waals surface area contributed by atoms with Crippen molar-refractivity contribution >= 4 is 17.5 Å². The second kappa shape index (κ2) is 2.74. The van der Waals surface area contributed by atoms with Gasteiger partial charge in [-0.1, -0.05) is 13.0 Å². The Morgan fingerprint density at radius 2 is 2.54 bits per heavy atom. The lowest BCUT2D eigenvalue weighted by atomic mass is 9.97. The highest BCUT2D eigenvalue weighted by atomic mass is 35.5. The molecule has 13 heavy (non-hydrogen) atoms. The minimum atomic E-state index is -0.229. The van der Waals surface area contributed by atoms with Gasteiger partial charge in [-0.15, -0.1) is 18.2 Å². The summed E-state index contributed by atoms with van der Waals surface area (Å²) in [6.45, 7) is 5.79. The summed E-state index contributed by atoms with van der Waals surface area (Å²) in [6.07, 6.45) is 3.24.